The summed E-state index contributed by atoms with van der Waals surface area (Å²) in [6, 6.07) is 20.7. The molecule has 1 heterocycles. The SMILES string of the molecule is O=C(O)c1ccc(Cn2c(C(=O)CBr)c(-c3ccccc3)c3cc(Cl)ccc3c2=O)cc1. The molecule has 0 saturated carbocycles. The number of carboxylic acid groups (broad SMARTS) is 1. The summed E-state index contributed by atoms with van der Waals surface area (Å²) in [6.45, 7) is 0.116. The Morgan fingerprint density at radius 1 is 0.938 bits per heavy atom. The average Bonchev–Trinajstić information content (AvgIpc) is 2.80. The highest BCUT2D eigenvalue weighted by Gasteiger charge is 2.23. The molecule has 0 saturated heterocycles. The summed E-state index contributed by atoms with van der Waals surface area (Å²) in [7, 11) is 0. The topological polar surface area (TPSA) is 76.4 Å². The molecule has 0 unspecified atom stereocenters. The van der Waals surface area contributed by atoms with Gasteiger partial charge in [0.2, 0.25) is 0 Å². The predicted molar refractivity (Wildman–Crippen MR) is 129 cm³/mol. The Balaban J connectivity index is 2.05. The van der Waals surface area contributed by atoms with E-state index in [4.69, 9.17) is 16.7 Å². The van der Waals surface area contributed by atoms with Crippen LogP contribution in [0.5, 0.6) is 0 Å². The second kappa shape index (κ2) is 9.10. The van der Waals surface area contributed by atoms with E-state index in [0.29, 0.717) is 26.9 Å². The number of hydrogen-bond donors (Lipinski definition) is 1. The molecule has 1 aromatic heterocycles. The summed E-state index contributed by atoms with van der Waals surface area (Å²) < 4.78 is 1.46. The van der Waals surface area contributed by atoms with Gasteiger partial charge in [-0.05, 0) is 46.8 Å². The van der Waals surface area contributed by atoms with Gasteiger partial charge in [-0.25, -0.2) is 4.79 Å². The zero-order chi connectivity index (χ0) is 22.8. The molecule has 0 aliphatic carbocycles. The number of carbonyl (C=O) groups excluding carboxylic acids is 1. The van der Waals surface area contributed by atoms with Gasteiger partial charge in [0.25, 0.3) is 5.56 Å². The first-order chi connectivity index (χ1) is 15.4. The lowest BCUT2D eigenvalue weighted by atomic mass is 9.95. The lowest BCUT2D eigenvalue weighted by Gasteiger charge is -2.19. The third kappa shape index (κ3) is 4.11. The van der Waals surface area contributed by atoms with E-state index in [1.807, 2.05) is 30.3 Å². The molecule has 4 rings (SSSR count). The van der Waals surface area contributed by atoms with Crippen molar-refractivity contribution in [2.24, 2.45) is 0 Å². The molecule has 7 heteroatoms. The summed E-state index contributed by atoms with van der Waals surface area (Å²) in [5.74, 6) is -1.28. The Kier molecular flexibility index (Phi) is 6.26. The number of Topliss-reactive ketones (excluding diaryl/α,β-unsaturated/α-hetero) is 1. The van der Waals surface area contributed by atoms with Crippen LogP contribution in [0, 0.1) is 0 Å². The summed E-state index contributed by atoms with van der Waals surface area (Å²) in [4.78, 5) is 37.8. The van der Waals surface area contributed by atoms with Crippen molar-refractivity contribution in [1.29, 1.82) is 0 Å². The van der Waals surface area contributed by atoms with Crippen molar-refractivity contribution in [3.05, 3.63) is 105 Å². The fourth-order valence-electron chi connectivity index (χ4n) is 3.76. The Morgan fingerprint density at radius 2 is 1.62 bits per heavy atom. The molecule has 160 valence electrons. The van der Waals surface area contributed by atoms with E-state index in [1.165, 1.54) is 16.7 Å². The highest BCUT2D eigenvalue weighted by molar-refractivity contribution is 9.09. The number of aromatic carboxylic acids is 1. The molecule has 5 nitrogen and oxygen atoms in total. The van der Waals surface area contributed by atoms with Gasteiger partial charge in [0.05, 0.1) is 23.1 Å². The van der Waals surface area contributed by atoms with Gasteiger partial charge in [-0.3, -0.25) is 14.2 Å². The molecule has 0 bridgehead atoms. The van der Waals surface area contributed by atoms with Crippen LogP contribution in [0.2, 0.25) is 5.02 Å². The molecule has 4 aromatic rings. The smallest absolute Gasteiger partial charge is 0.335 e. The standard InChI is InChI=1S/C25H17BrClNO4/c26-13-21(29)23-22(16-4-2-1-3-5-16)20-12-18(27)10-11-19(20)24(30)28(23)14-15-6-8-17(9-7-15)25(31)32/h1-12H,13-14H2,(H,31,32). The number of carbonyl (C=O) groups is 2. The molecular formula is C25H17BrClNO4. The van der Waals surface area contributed by atoms with Crippen molar-refractivity contribution < 1.29 is 14.7 Å². The number of aromatic nitrogens is 1. The number of alkyl halides is 1. The highest BCUT2D eigenvalue weighted by atomic mass is 79.9. The van der Waals surface area contributed by atoms with Gasteiger partial charge < -0.3 is 5.11 Å². The number of rotatable bonds is 6. The number of carboxylic acids is 1. The monoisotopic (exact) mass is 509 g/mol. The predicted octanol–water partition coefficient (Wildman–Crippen LogP) is 5.65. The fraction of sp³-hybridized carbons (Fsp3) is 0.0800. The van der Waals surface area contributed by atoms with Crippen molar-refractivity contribution in [2.75, 3.05) is 5.33 Å². The normalized spacial score (nSPS) is 10.9. The van der Waals surface area contributed by atoms with Crippen LogP contribution in [0.15, 0.2) is 77.6 Å². The maximum atomic E-state index is 13.5. The van der Waals surface area contributed by atoms with Crippen molar-refractivity contribution in [3.63, 3.8) is 0 Å². The van der Waals surface area contributed by atoms with Gasteiger partial charge in [0, 0.05) is 16.0 Å². The van der Waals surface area contributed by atoms with Crippen molar-refractivity contribution >= 4 is 50.1 Å². The van der Waals surface area contributed by atoms with E-state index in [-0.39, 0.29) is 34.5 Å². The molecular weight excluding hydrogens is 494 g/mol. The lowest BCUT2D eigenvalue weighted by Crippen LogP contribution is -2.28. The minimum atomic E-state index is -1.03. The Morgan fingerprint density at radius 3 is 2.25 bits per heavy atom. The minimum absolute atomic E-state index is 0.0380. The van der Waals surface area contributed by atoms with Gasteiger partial charge in [-0.15, -0.1) is 0 Å². The number of benzene rings is 3. The minimum Gasteiger partial charge on any atom is -0.478 e. The van der Waals surface area contributed by atoms with E-state index in [2.05, 4.69) is 15.9 Å². The van der Waals surface area contributed by atoms with Crippen LogP contribution < -0.4 is 5.56 Å². The van der Waals surface area contributed by atoms with E-state index in [1.54, 1.807) is 30.3 Å². The third-order valence-corrected chi connectivity index (χ3v) is 5.97. The Bertz CT molecular complexity index is 1400. The fourth-order valence-corrected chi connectivity index (χ4v) is 4.19. The molecule has 0 aliphatic heterocycles. The third-order valence-electron chi connectivity index (χ3n) is 5.22. The van der Waals surface area contributed by atoms with E-state index in [9.17, 15) is 14.4 Å². The molecule has 32 heavy (non-hydrogen) atoms. The number of hydrogen-bond acceptors (Lipinski definition) is 3. The van der Waals surface area contributed by atoms with Crippen molar-refractivity contribution in [2.45, 2.75) is 6.54 Å². The number of pyridine rings is 1. The first-order valence-electron chi connectivity index (χ1n) is 9.73. The van der Waals surface area contributed by atoms with Gasteiger partial charge in [0.1, 0.15) is 0 Å². The van der Waals surface area contributed by atoms with Crippen molar-refractivity contribution in [1.82, 2.24) is 4.57 Å². The van der Waals surface area contributed by atoms with E-state index < -0.39 is 5.97 Å². The van der Waals surface area contributed by atoms with Gasteiger partial charge in [-0.1, -0.05) is 70.0 Å². The maximum absolute atomic E-state index is 13.5. The second-order valence-electron chi connectivity index (χ2n) is 7.23. The zero-order valence-corrected chi connectivity index (χ0v) is 19.1. The average molecular weight is 511 g/mol. The van der Waals surface area contributed by atoms with Crippen LogP contribution in [-0.4, -0.2) is 26.8 Å². The molecule has 3 aromatic carbocycles. The summed E-state index contributed by atoms with van der Waals surface area (Å²) in [6.07, 6.45) is 0. The Hall–Kier alpha value is -3.22. The molecule has 0 amide bonds. The lowest BCUT2D eigenvalue weighted by molar-refractivity contribution is 0.0696. The second-order valence-corrected chi connectivity index (χ2v) is 8.23. The number of fused-ring (bicyclic) bond motifs is 1. The van der Waals surface area contributed by atoms with Crippen LogP contribution >= 0.6 is 27.5 Å². The zero-order valence-electron chi connectivity index (χ0n) is 16.7. The summed E-state index contributed by atoms with van der Waals surface area (Å²) >= 11 is 9.51. The maximum Gasteiger partial charge on any atom is 0.335 e. The number of nitrogens with zero attached hydrogens (tertiary/aromatic N) is 1. The van der Waals surface area contributed by atoms with Gasteiger partial charge >= 0.3 is 5.97 Å². The molecule has 0 radical (unpaired) electrons. The number of ketones is 1. The van der Waals surface area contributed by atoms with Crippen LogP contribution in [0.1, 0.15) is 26.4 Å². The van der Waals surface area contributed by atoms with Crippen LogP contribution in [0.3, 0.4) is 0 Å². The van der Waals surface area contributed by atoms with Gasteiger partial charge in [-0.2, -0.15) is 0 Å². The van der Waals surface area contributed by atoms with Crippen LogP contribution in [0.4, 0.5) is 0 Å². The molecule has 1 N–H and O–H groups in total. The van der Waals surface area contributed by atoms with Gasteiger partial charge in [0.15, 0.2) is 5.78 Å². The number of halogens is 2. The van der Waals surface area contributed by atoms with E-state index >= 15 is 0 Å². The molecule has 0 aliphatic rings. The first-order valence-corrected chi connectivity index (χ1v) is 11.2. The summed E-state index contributed by atoms with van der Waals surface area (Å²) in [5.41, 5.74) is 2.23. The highest BCUT2D eigenvalue weighted by Crippen LogP contribution is 2.33. The quantitative estimate of drug-likeness (QED) is 0.269. The van der Waals surface area contributed by atoms with E-state index in [0.717, 1.165) is 5.56 Å². The van der Waals surface area contributed by atoms with Crippen LogP contribution in [0.25, 0.3) is 21.9 Å². The molecule has 0 atom stereocenters. The molecule has 0 fully saturated rings. The Labute approximate surface area is 197 Å². The summed E-state index contributed by atoms with van der Waals surface area (Å²) in [5, 5.41) is 10.7. The molecule has 0 spiro atoms. The first kappa shape index (κ1) is 22.0. The largest absolute Gasteiger partial charge is 0.478 e. The van der Waals surface area contributed by atoms with Crippen molar-refractivity contribution in [3.8, 4) is 11.1 Å². The van der Waals surface area contributed by atoms with Crippen LogP contribution in [-0.2, 0) is 6.54 Å².